The lowest BCUT2D eigenvalue weighted by Gasteiger charge is -2.07. The van der Waals surface area contributed by atoms with Crippen molar-refractivity contribution in [2.24, 2.45) is 0 Å². The van der Waals surface area contributed by atoms with E-state index in [9.17, 15) is 5.11 Å². The van der Waals surface area contributed by atoms with Crippen LogP contribution in [0.25, 0.3) is 0 Å². The van der Waals surface area contributed by atoms with Gasteiger partial charge in [0.05, 0.1) is 6.10 Å². The Morgan fingerprint density at radius 3 is 1.50 bits per heavy atom. The van der Waals surface area contributed by atoms with Crippen molar-refractivity contribution in [3.8, 4) is 0 Å². The summed E-state index contributed by atoms with van der Waals surface area (Å²) in [4.78, 5) is 0. The summed E-state index contributed by atoms with van der Waals surface area (Å²) in [7, 11) is 0. The Morgan fingerprint density at radius 1 is 0.727 bits per heavy atom. The number of allylic oxidation sites excluding steroid dienone is 1. The maximum atomic E-state index is 9.55. The van der Waals surface area contributed by atoms with E-state index >= 15 is 0 Å². The summed E-state index contributed by atoms with van der Waals surface area (Å²) in [5.74, 6) is 0. The molecule has 0 aromatic rings. The molecular formula is C21H42O. The molecule has 0 aliphatic heterocycles. The van der Waals surface area contributed by atoms with Crippen molar-refractivity contribution < 1.29 is 5.11 Å². The molecule has 0 fully saturated rings. The number of hydrogen-bond acceptors (Lipinski definition) is 1. The maximum Gasteiger partial charge on any atom is 0.0721 e. The van der Waals surface area contributed by atoms with E-state index in [1.807, 2.05) is 6.92 Å². The predicted octanol–water partition coefficient (Wildman–Crippen LogP) is 7.18. The Morgan fingerprint density at radius 2 is 1.14 bits per heavy atom. The molecule has 0 aromatic carbocycles. The van der Waals surface area contributed by atoms with Gasteiger partial charge >= 0.3 is 0 Å². The van der Waals surface area contributed by atoms with Gasteiger partial charge in [0.2, 0.25) is 0 Å². The molecule has 0 rings (SSSR count). The van der Waals surface area contributed by atoms with E-state index < -0.39 is 0 Å². The zero-order valence-corrected chi connectivity index (χ0v) is 15.7. The summed E-state index contributed by atoms with van der Waals surface area (Å²) < 4.78 is 0. The average Bonchev–Trinajstić information content (AvgIpc) is 2.51. The van der Waals surface area contributed by atoms with Crippen molar-refractivity contribution in [1.29, 1.82) is 0 Å². The monoisotopic (exact) mass is 310 g/mol. The molecule has 1 unspecified atom stereocenters. The molecule has 0 aliphatic carbocycles. The van der Waals surface area contributed by atoms with Crippen molar-refractivity contribution >= 4 is 0 Å². The van der Waals surface area contributed by atoms with Gasteiger partial charge in [0.25, 0.3) is 0 Å². The van der Waals surface area contributed by atoms with Crippen molar-refractivity contribution in [2.45, 2.75) is 123 Å². The molecule has 0 amide bonds. The molecule has 0 bridgehead atoms. The van der Waals surface area contributed by atoms with Gasteiger partial charge in [-0.3, -0.25) is 0 Å². The largest absolute Gasteiger partial charge is 0.389 e. The molecular weight excluding hydrogens is 268 g/mol. The molecule has 0 saturated carbocycles. The van der Waals surface area contributed by atoms with E-state index in [0.29, 0.717) is 0 Å². The Hall–Kier alpha value is -0.300. The smallest absolute Gasteiger partial charge is 0.0721 e. The van der Waals surface area contributed by atoms with Crippen LogP contribution in [0, 0.1) is 0 Å². The zero-order valence-electron chi connectivity index (χ0n) is 15.7. The minimum atomic E-state index is -0.257. The second-order valence-electron chi connectivity index (χ2n) is 6.84. The molecule has 0 spiro atoms. The summed E-state index contributed by atoms with van der Waals surface area (Å²) >= 11 is 0. The summed E-state index contributed by atoms with van der Waals surface area (Å²) in [6.07, 6.45) is 22.5. The first-order valence-corrected chi connectivity index (χ1v) is 10.1. The third kappa shape index (κ3) is 14.6. The van der Waals surface area contributed by atoms with Crippen LogP contribution in [0.4, 0.5) is 0 Å². The van der Waals surface area contributed by atoms with Crippen LogP contribution in [0.1, 0.15) is 117 Å². The van der Waals surface area contributed by atoms with Gasteiger partial charge < -0.3 is 5.11 Å². The van der Waals surface area contributed by atoms with Crippen LogP contribution in [0.2, 0.25) is 0 Å². The van der Waals surface area contributed by atoms with Crippen LogP contribution >= 0.6 is 0 Å². The molecule has 1 heteroatoms. The van der Waals surface area contributed by atoms with Gasteiger partial charge in [-0.25, -0.2) is 0 Å². The first-order valence-electron chi connectivity index (χ1n) is 10.1. The molecule has 1 N–H and O–H groups in total. The SMILES string of the molecule is CCCCCCCCCCCCCCC/C=C(/CC)C(C)O. The van der Waals surface area contributed by atoms with E-state index in [1.165, 1.54) is 89.0 Å². The van der Waals surface area contributed by atoms with Gasteiger partial charge in [-0.15, -0.1) is 0 Å². The average molecular weight is 311 g/mol. The minimum Gasteiger partial charge on any atom is -0.389 e. The molecule has 1 atom stereocenters. The molecule has 1 nitrogen and oxygen atoms in total. The van der Waals surface area contributed by atoms with Gasteiger partial charge in [-0.1, -0.05) is 97.0 Å². The molecule has 0 radical (unpaired) electrons. The first kappa shape index (κ1) is 21.7. The van der Waals surface area contributed by atoms with Crippen molar-refractivity contribution in [3.05, 3.63) is 11.6 Å². The molecule has 0 heterocycles. The second kappa shape index (κ2) is 17.1. The van der Waals surface area contributed by atoms with Gasteiger partial charge in [0.15, 0.2) is 0 Å². The van der Waals surface area contributed by atoms with Crippen LogP contribution in [0.5, 0.6) is 0 Å². The van der Waals surface area contributed by atoms with Crippen LogP contribution < -0.4 is 0 Å². The van der Waals surface area contributed by atoms with E-state index in [4.69, 9.17) is 0 Å². The van der Waals surface area contributed by atoms with E-state index in [-0.39, 0.29) is 6.10 Å². The Bertz CT molecular complexity index is 242. The Kier molecular flexibility index (Phi) is 16.8. The molecule has 0 saturated heterocycles. The van der Waals surface area contributed by atoms with Crippen LogP contribution in [-0.4, -0.2) is 11.2 Å². The summed E-state index contributed by atoms with van der Waals surface area (Å²) in [6.45, 7) is 6.29. The number of aliphatic hydroxyl groups excluding tert-OH is 1. The fraction of sp³-hybridized carbons (Fsp3) is 0.905. The Labute approximate surface area is 140 Å². The molecule has 22 heavy (non-hydrogen) atoms. The van der Waals surface area contributed by atoms with Crippen molar-refractivity contribution in [3.63, 3.8) is 0 Å². The number of aliphatic hydroxyl groups is 1. The summed E-state index contributed by atoms with van der Waals surface area (Å²) in [6, 6.07) is 0. The quantitative estimate of drug-likeness (QED) is 0.236. The standard InChI is InChI=1S/C21H42O/c1-4-6-7-8-9-10-11-12-13-14-15-16-17-18-19-21(5-2)20(3)22/h19-20,22H,4-18H2,1-3H3/b21-19-. The van der Waals surface area contributed by atoms with Crippen molar-refractivity contribution in [2.75, 3.05) is 0 Å². The van der Waals surface area contributed by atoms with Gasteiger partial charge in [-0.05, 0) is 31.8 Å². The predicted molar refractivity (Wildman–Crippen MR) is 100 cm³/mol. The van der Waals surface area contributed by atoms with Crippen molar-refractivity contribution in [1.82, 2.24) is 0 Å². The molecule has 0 aliphatic rings. The molecule has 0 aromatic heterocycles. The highest BCUT2D eigenvalue weighted by molar-refractivity contribution is 5.05. The van der Waals surface area contributed by atoms with Gasteiger partial charge in [0.1, 0.15) is 0 Å². The number of hydrogen-bond donors (Lipinski definition) is 1. The highest BCUT2D eigenvalue weighted by atomic mass is 16.3. The number of unbranched alkanes of at least 4 members (excludes halogenated alkanes) is 13. The lowest BCUT2D eigenvalue weighted by Crippen LogP contribution is -2.03. The highest BCUT2D eigenvalue weighted by Gasteiger charge is 2.00. The normalized spacial score (nSPS) is 13.5. The third-order valence-electron chi connectivity index (χ3n) is 4.66. The summed E-state index contributed by atoms with van der Waals surface area (Å²) in [5.41, 5.74) is 1.21. The molecule has 132 valence electrons. The van der Waals surface area contributed by atoms with Crippen LogP contribution in [0.15, 0.2) is 11.6 Å². The topological polar surface area (TPSA) is 20.2 Å². The zero-order chi connectivity index (χ0) is 16.5. The fourth-order valence-electron chi connectivity index (χ4n) is 3.06. The Balaban J connectivity index is 3.21. The maximum absolute atomic E-state index is 9.55. The van der Waals surface area contributed by atoms with Gasteiger partial charge in [-0.2, -0.15) is 0 Å². The fourth-order valence-corrected chi connectivity index (χ4v) is 3.06. The minimum absolute atomic E-state index is 0.257. The van der Waals surface area contributed by atoms with Crippen LogP contribution in [-0.2, 0) is 0 Å². The lowest BCUT2D eigenvalue weighted by molar-refractivity contribution is 0.227. The van der Waals surface area contributed by atoms with E-state index in [1.54, 1.807) is 0 Å². The lowest BCUT2D eigenvalue weighted by atomic mass is 10.0. The third-order valence-corrected chi connectivity index (χ3v) is 4.66. The number of rotatable bonds is 16. The second-order valence-corrected chi connectivity index (χ2v) is 6.84. The van der Waals surface area contributed by atoms with E-state index in [0.717, 1.165) is 12.8 Å². The summed E-state index contributed by atoms with van der Waals surface area (Å²) in [5, 5.41) is 9.55. The highest BCUT2D eigenvalue weighted by Crippen LogP contribution is 2.14. The first-order chi connectivity index (χ1) is 10.7. The van der Waals surface area contributed by atoms with Gasteiger partial charge in [0, 0.05) is 0 Å². The van der Waals surface area contributed by atoms with Crippen LogP contribution in [0.3, 0.4) is 0 Å². The van der Waals surface area contributed by atoms with E-state index in [2.05, 4.69) is 19.9 Å².